The van der Waals surface area contributed by atoms with E-state index in [1.807, 2.05) is 13.8 Å². The van der Waals surface area contributed by atoms with Crippen molar-refractivity contribution in [1.29, 1.82) is 0 Å². The first-order valence-electron chi connectivity index (χ1n) is 8.52. The first-order valence-corrected chi connectivity index (χ1v) is 10.4. The smallest absolute Gasteiger partial charge is 0.208 e. The maximum atomic E-state index is 11.1. The molecule has 0 aromatic rings. The molecule has 0 aromatic carbocycles. The Morgan fingerprint density at radius 1 is 1.33 bits per heavy atom. The summed E-state index contributed by atoms with van der Waals surface area (Å²) in [6, 6.07) is 0.397. The van der Waals surface area contributed by atoms with Crippen molar-refractivity contribution in [2.45, 2.75) is 51.7 Å². The van der Waals surface area contributed by atoms with Crippen molar-refractivity contribution in [2.75, 3.05) is 32.5 Å². The summed E-state index contributed by atoms with van der Waals surface area (Å²) in [6.07, 6.45) is 6.24. The van der Waals surface area contributed by atoms with E-state index in [-0.39, 0.29) is 29.4 Å². The number of rotatable bonds is 8. The summed E-state index contributed by atoms with van der Waals surface area (Å²) in [4.78, 5) is 4.46. The molecule has 0 aliphatic heterocycles. The third-order valence-corrected chi connectivity index (χ3v) is 5.57. The first kappa shape index (κ1) is 21.9. The van der Waals surface area contributed by atoms with Crippen LogP contribution < -0.4 is 15.4 Å². The molecule has 24 heavy (non-hydrogen) atoms. The second-order valence-electron chi connectivity index (χ2n) is 6.39. The van der Waals surface area contributed by atoms with Crippen LogP contribution in [0.5, 0.6) is 0 Å². The van der Waals surface area contributed by atoms with Crippen LogP contribution in [0.3, 0.4) is 0 Å². The summed E-state index contributed by atoms with van der Waals surface area (Å²) in [6.45, 7) is 6.34. The molecule has 7 nitrogen and oxygen atoms in total. The van der Waals surface area contributed by atoms with Crippen molar-refractivity contribution in [3.8, 4) is 0 Å². The normalized spacial score (nSPS) is 25.4. The molecule has 9 heteroatoms. The van der Waals surface area contributed by atoms with Gasteiger partial charge in [-0.15, -0.1) is 24.0 Å². The third-order valence-electron chi connectivity index (χ3n) is 4.84. The van der Waals surface area contributed by atoms with E-state index in [1.165, 1.54) is 19.3 Å². The summed E-state index contributed by atoms with van der Waals surface area (Å²) >= 11 is 0. The van der Waals surface area contributed by atoms with E-state index in [2.05, 4.69) is 20.3 Å². The molecule has 0 bridgehead atoms. The Morgan fingerprint density at radius 3 is 2.54 bits per heavy atom. The van der Waals surface area contributed by atoms with E-state index in [0.717, 1.165) is 31.8 Å². The van der Waals surface area contributed by atoms with E-state index in [9.17, 15) is 8.42 Å². The average Bonchev–Trinajstić information content (AvgIpc) is 2.39. The van der Waals surface area contributed by atoms with Crippen LogP contribution >= 0.6 is 24.0 Å². The minimum atomic E-state index is -3.15. The van der Waals surface area contributed by atoms with Gasteiger partial charge in [0, 0.05) is 31.2 Å². The largest absolute Gasteiger partial charge is 0.378 e. The molecule has 2 unspecified atom stereocenters. The van der Waals surface area contributed by atoms with Crippen molar-refractivity contribution in [3.05, 3.63) is 0 Å². The third kappa shape index (κ3) is 5.43. The zero-order chi connectivity index (χ0) is 16.9. The van der Waals surface area contributed by atoms with E-state index in [0.29, 0.717) is 25.2 Å². The number of halogens is 1. The molecule has 2 aliphatic rings. The highest BCUT2D eigenvalue weighted by Gasteiger charge is 2.59. The fourth-order valence-corrected chi connectivity index (χ4v) is 3.99. The van der Waals surface area contributed by atoms with Gasteiger partial charge >= 0.3 is 0 Å². The molecule has 2 saturated carbocycles. The molecular weight excluding hydrogens is 443 g/mol. The highest BCUT2D eigenvalue weighted by Crippen LogP contribution is 2.57. The topological polar surface area (TPSA) is 91.8 Å². The van der Waals surface area contributed by atoms with Gasteiger partial charge in [-0.1, -0.05) is 6.42 Å². The lowest BCUT2D eigenvalue weighted by Crippen LogP contribution is -2.68. The SMILES string of the molecule is CCNC(=NCCNS(C)(=O)=O)NC1CC(OCC)C12CCC2.I. The molecule has 0 saturated heterocycles. The van der Waals surface area contributed by atoms with Gasteiger partial charge in [-0.05, 0) is 33.1 Å². The van der Waals surface area contributed by atoms with Crippen LogP contribution in [0.1, 0.15) is 39.5 Å². The van der Waals surface area contributed by atoms with Gasteiger partial charge in [0.2, 0.25) is 10.0 Å². The van der Waals surface area contributed by atoms with Crippen molar-refractivity contribution >= 4 is 40.0 Å². The fourth-order valence-electron chi connectivity index (χ4n) is 3.52. The minimum absolute atomic E-state index is 0. The summed E-state index contributed by atoms with van der Waals surface area (Å²) in [5.41, 5.74) is 0.275. The average molecular weight is 474 g/mol. The Bertz CT molecular complexity index is 523. The fraction of sp³-hybridized carbons (Fsp3) is 0.933. The minimum Gasteiger partial charge on any atom is -0.378 e. The predicted molar refractivity (Wildman–Crippen MR) is 107 cm³/mol. The molecule has 2 atom stereocenters. The zero-order valence-corrected chi connectivity index (χ0v) is 17.9. The van der Waals surface area contributed by atoms with Gasteiger partial charge in [-0.25, -0.2) is 13.1 Å². The molecule has 2 fully saturated rings. The van der Waals surface area contributed by atoms with Crippen molar-refractivity contribution in [2.24, 2.45) is 10.4 Å². The van der Waals surface area contributed by atoms with Gasteiger partial charge in [0.25, 0.3) is 0 Å². The van der Waals surface area contributed by atoms with E-state index in [1.54, 1.807) is 0 Å². The molecule has 2 aliphatic carbocycles. The number of nitrogens with one attached hydrogen (secondary N) is 3. The Balaban J connectivity index is 0.00000288. The number of aliphatic imine (C=N–C) groups is 1. The van der Waals surface area contributed by atoms with Gasteiger partial charge < -0.3 is 15.4 Å². The quantitative estimate of drug-likeness (QED) is 0.212. The van der Waals surface area contributed by atoms with Crippen molar-refractivity contribution in [1.82, 2.24) is 15.4 Å². The second-order valence-corrected chi connectivity index (χ2v) is 8.22. The van der Waals surface area contributed by atoms with E-state index < -0.39 is 10.0 Å². The Morgan fingerprint density at radius 2 is 2.04 bits per heavy atom. The van der Waals surface area contributed by atoms with Gasteiger partial charge in [0.05, 0.1) is 18.9 Å². The van der Waals surface area contributed by atoms with Crippen LogP contribution in [0, 0.1) is 5.41 Å². The van der Waals surface area contributed by atoms with Gasteiger partial charge in [0.15, 0.2) is 5.96 Å². The number of guanidine groups is 1. The summed E-state index contributed by atoms with van der Waals surface area (Å²) in [5, 5.41) is 6.75. The maximum absolute atomic E-state index is 11.1. The lowest BCUT2D eigenvalue weighted by molar-refractivity contribution is -0.168. The highest BCUT2D eigenvalue weighted by atomic mass is 127. The lowest BCUT2D eigenvalue weighted by Gasteiger charge is -2.61. The molecule has 3 N–H and O–H groups in total. The molecule has 2 rings (SSSR count). The molecule has 0 heterocycles. The molecule has 142 valence electrons. The molecule has 0 radical (unpaired) electrons. The Kier molecular flexibility index (Phi) is 8.71. The monoisotopic (exact) mass is 474 g/mol. The van der Waals surface area contributed by atoms with E-state index in [4.69, 9.17) is 4.74 Å². The summed E-state index contributed by atoms with van der Waals surface area (Å²) < 4.78 is 30.4. The number of hydrogen-bond acceptors (Lipinski definition) is 4. The van der Waals surface area contributed by atoms with Gasteiger partial charge in [0.1, 0.15) is 0 Å². The number of sulfonamides is 1. The number of ether oxygens (including phenoxy) is 1. The summed E-state index contributed by atoms with van der Waals surface area (Å²) in [7, 11) is -3.15. The molecular formula is C15H31IN4O3S. The van der Waals surface area contributed by atoms with Crippen LogP contribution in [0.4, 0.5) is 0 Å². The predicted octanol–water partition coefficient (Wildman–Crippen LogP) is 1.06. The zero-order valence-electron chi connectivity index (χ0n) is 14.8. The molecule has 1 spiro atoms. The van der Waals surface area contributed by atoms with Crippen LogP contribution in [0.25, 0.3) is 0 Å². The Hall–Kier alpha value is -0.130. The Labute approximate surface area is 162 Å². The van der Waals surface area contributed by atoms with Gasteiger partial charge in [-0.2, -0.15) is 0 Å². The van der Waals surface area contributed by atoms with Crippen LogP contribution in [0.15, 0.2) is 4.99 Å². The highest BCUT2D eigenvalue weighted by molar-refractivity contribution is 14.0. The van der Waals surface area contributed by atoms with Crippen molar-refractivity contribution in [3.63, 3.8) is 0 Å². The standard InChI is InChI=1S/C15H30N4O3S.HI/c1-4-16-14(17-9-10-18-23(3,20)21)19-12-11-13(22-5-2)15(12)7-6-8-15;/h12-13,18H,4-11H2,1-3H3,(H2,16,17,19);1H. The van der Waals surface area contributed by atoms with E-state index >= 15 is 0 Å². The van der Waals surface area contributed by atoms with Crippen LogP contribution in [0.2, 0.25) is 0 Å². The first-order chi connectivity index (χ1) is 10.9. The second kappa shape index (κ2) is 9.54. The number of nitrogens with zero attached hydrogens (tertiary/aromatic N) is 1. The van der Waals surface area contributed by atoms with Crippen LogP contribution in [-0.4, -0.2) is 59.0 Å². The summed E-state index contributed by atoms with van der Waals surface area (Å²) in [5.74, 6) is 0.758. The van der Waals surface area contributed by atoms with Crippen LogP contribution in [-0.2, 0) is 14.8 Å². The number of hydrogen-bond donors (Lipinski definition) is 3. The van der Waals surface area contributed by atoms with Gasteiger partial charge in [-0.3, -0.25) is 4.99 Å². The molecule has 0 aromatic heterocycles. The molecule has 0 amide bonds. The van der Waals surface area contributed by atoms with Crippen molar-refractivity contribution < 1.29 is 13.2 Å². The maximum Gasteiger partial charge on any atom is 0.208 e. The lowest BCUT2D eigenvalue weighted by atomic mass is 9.51.